The zero-order chi connectivity index (χ0) is 7.28. The summed E-state index contributed by atoms with van der Waals surface area (Å²) in [6.45, 7) is 7.02. The van der Waals surface area contributed by atoms with Gasteiger partial charge in [-0.25, -0.2) is 4.39 Å². The highest BCUT2D eigenvalue weighted by Gasteiger charge is 2.04. The predicted molar refractivity (Wildman–Crippen MR) is 35.9 cm³/mol. The van der Waals surface area contributed by atoms with Crippen LogP contribution in [0, 0.1) is 0 Å². The summed E-state index contributed by atoms with van der Waals surface area (Å²) in [5.41, 5.74) is 0. The third-order valence-electron chi connectivity index (χ3n) is 1.12. The van der Waals surface area contributed by atoms with Crippen LogP contribution < -0.4 is 0 Å². The molecule has 1 nitrogen and oxygen atoms in total. The number of halogens is 1. The molecule has 0 aliphatic heterocycles. The van der Waals surface area contributed by atoms with Gasteiger partial charge in [0.2, 0.25) is 6.36 Å². The van der Waals surface area contributed by atoms with Crippen LogP contribution in [0.25, 0.3) is 0 Å². The van der Waals surface area contributed by atoms with Crippen molar-refractivity contribution in [2.45, 2.75) is 32.7 Å². The van der Waals surface area contributed by atoms with Crippen LogP contribution in [0.15, 0.2) is 12.7 Å². The fourth-order valence-corrected chi connectivity index (χ4v) is 0.374. The molecule has 0 N–H and O–H groups in total. The van der Waals surface area contributed by atoms with E-state index in [1.807, 2.05) is 13.8 Å². The van der Waals surface area contributed by atoms with Crippen LogP contribution >= 0.6 is 0 Å². The van der Waals surface area contributed by atoms with Gasteiger partial charge in [-0.05, 0) is 19.4 Å². The molecule has 0 spiro atoms. The number of hydrogen-bond donors (Lipinski definition) is 0. The monoisotopic (exact) mass is 132 g/mol. The van der Waals surface area contributed by atoms with Gasteiger partial charge in [0.1, 0.15) is 0 Å². The molecule has 0 heterocycles. The summed E-state index contributed by atoms with van der Waals surface area (Å²) in [4.78, 5) is 0. The lowest BCUT2D eigenvalue weighted by atomic mass is 10.3. The van der Waals surface area contributed by atoms with Crippen LogP contribution in [0.3, 0.4) is 0 Å². The first-order valence-corrected chi connectivity index (χ1v) is 3.12. The van der Waals surface area contributed by atoms with Gasteiger partial charge in [-0.15, -0.1) is 0 Å². The van der Waals surface area contributed by atoms with Crippen LogP contribution in [0.5, 0.6) is 0 Å². The van der Waals surface area contributed by atoms with E-state index in [2.05, 4.69) is 6.58 Å². The molecule has 0 fully saturated rings. The minimum absolute atomic E-state index is 0.0157. The van der Waals surface area contributed by atoms with E-state index in [1.54, 1.807) is 0 Å². The molecular formula is C7H13FO. The van der Waals surface area contributed by atoms with Crippen molar-refractivity contribution in [1.82, 2.24) is 0 Å². The number of alkyl halides is 1. The smallest absolute Gasteiger partial charge is 0.218 e. The lowest BCUT2D eigenvalue weighted by Crippen LogP contribution is -2.12. The normalized spacial score (nSPS) is 16.8. The maximum atomic E-state index is 12.2. The Hall–Kier alpha value is -0.370. The molecule has 0 amide bonds. The average Bonchev–Trinajstić information content (AvgIpc) is 1.87. The second kappa shape index (κ2) is 4.50. The molecule has 0 aromatic heterocycles. The van der Waals surface area contributed by atoms with E-state index in [9.17, 15) is 4.39 Å². The fourth-order valence-electron chi connectivity index (χ4n) is 0.374. The zero-order valence-electron chi connectivity index (χ0n) is 5.93. The number of ether oxygens (including phenoxy) is 1. The number of hydrogen-bond acceptors (Lipinski definition) is 1. The van der Waals surface area contributed by atoms with Crippen LogP contribution in [0.2, 0.25) is 0 Å². The molecule has 0 rings (SSSR count). The lowest BCUT2D eigenvalue weighted by molar-refractivity contribution is -0.0485. The Labute approximate surface area is 55.5 Å². The Balaban J connectivity index is 3.33. The van der Waals surface area contributed by atoms with Crippen molar-refractivity contribution in [3.8, 4) is 0 Å². The SMILES string of the molecule is C=CC(F)OC(C)CC. The summed E-state index contributed by atoms with van der Waals surface area (Å²) in [6.07, 6.45) is 0.651. The van der Waals surface area contributed by atoms with Crippen LogP contribution in [0.1, 0.15) is 20.3 Å². The highest BCUT2D eigenvalue weighted by molar-refractivity contribution is 4.70. The highest BCUT2D eigenvalue weighted by atomic mass is 19.1. The number of rotatable bonds is 4. The van der Waals surface area contributed by atoms with Gasteiger partial charge in [0, 0.05) is 0 Å². The van der Waals surface area contributed by atoms with E-state index < -0.39 is 6.36 Å². The van der Waals surface area contributed by atoms with Gasteiger partial charge in [0.25, 0.3) is 0 Å². The van der Waals surface area contributed by atoms with Gasteiger partial charge in [0.15, 0.2) is 0 Å². The molecule has 0 aromatic rings. The van der Waals surface area contributed by atoms with E-state index in [4.69, 9.17) is 4.74 Å². The summed E-state index contributed by atoms with van der Waals surface area (Å²) in [6, 6.07) is 0. The molecule has 0 saturated heterocycles. The van der Waals surface area contributed by atoms with Crippen molar-refractivity contribution in [2.75, 3.05) is 0 Å². The molecule has 0 bridgehead atoms. The Kier molecular flexibility index (Phi) is 4.32. The van der Waals surface area contributed by atoms with Gasteiger partial charge in [-0.3, -0.25) is 0 Å². The van der Waals surface area contributed by atoms with Gasteiger partial charge in [-0.2, -0.15) is 0 Å². The van der Waals surface area contributed by atoms with E-state index in [0.29, 0.717) is 0 Å². The van der Waals surface area contributed by atoms with Crippen molar-refractivity contribution in [3.63, 3.8) is 0 Å². The van der Waals surface area contributed by atoms with Gasteiger partial charge >= 0.3 is 0 Å². The van der Waals surface area contributed by atoms with E-state index >= 15 is 0 Å². The second-order valence-electron chi connectivity index (χ2n) is 1.94. The van der Waals surface area contributed by atoms with Crippen molar-refractivity contribution in [1.29, 1.82) is 0 Å². The average molecular weight is 132 g/mol. The molecule has 9 heavy (non-hydrogen) atoms. The fraction of sp³-hybridized carbons (Fsp3) is 0.714. The molecule has 0 aliphatic carbocycles. The molecule has 0 aromatic carbocycles. The Bertz CT molecular complexity index is 83.0. The summed E-state index contributed by atoms with van der Waals surface area (Å²) in [7, 11) is 0. The molecule has 2 unspecified atom stereocenters. The maximum Gasteiger partial charge on any atom is 0.218 e. The maximum absolute atomic E-state index is 12.2. The Morgan fingerprint density at radius 1 is 1.78 bits per heavy atom. The third kappa shape index (κ3) is 4.15. The van der Waals surface area contributed by atoms with E-state index in [-0.39, 0.29) is 6.10 Å². The minimum Gasteiger partial charge on any atom is -0.342 e. The molecular weight excluding hydrogens is 119 g/mol. The van der Waals surface area contributed by atoms with Crippen molar-refractivity contribution in [2.24, 2.45) is 0 Å². The van der Waals surface area contributed by atoms with Crippen molar-refractivity contribution < 1.29 is 9.13 Å². The first-order chi connectivity index (χ1) is 4.20. The van der Waals surface area contributed by atoms with E-state index in [0.717, 1.165) is 12.5 Å². The quantitative estimate of drug-likeness (QED) is 0.533. The second-order valence-corrected chi connectivity index (χ2v) is 1.94. The Morgan fingerprint density at radius 2 is 2.33 bits per heavy atom. The van der Waals surface area contributed by atoms with E-state index in [1.165, 1.54) is 0 Å². The van der Waals surface area contributed by atoms with Crippen LogP contribution in [0.4, 0.5) is 4.39 Å². The van der Waals surface area contributed by atoms with Gasteiger partial charge in [0.05, 0.1) is 6.10 Å². The highest BCUT2D eigenvalue weighted by Crippen LogP contribution is 2.02. The standard InChI is InChI=1S/C7H13FO/c1-4-6(3)9-7(8)5-2/h5-7H,2,4H2,1,3H3. The lowest BCUT2D eigenvalue weighted by Gasteiger charge is -2.10. The molecule has 54 valence electrons. The molecule has 0 saturated carbocycles. The summed E-state index contributed by atoms with van der Waals surface area (Å²) in [5, 5.41) is 0. The van der Waals surface area contributed by atoms with Crippen LogP contribution in [-0.2, 0) is 4.74 Å². The topological polar surface area (TPSA) is 9.23 Å². The predicted octanol–water partition coefficient (Wildman–Crippen LogP) is 2.28. The summed E-state index contributed by atoms with van der Waals surface area (Å²) < 4.78 is 17.0. The zero-order valence-corrected chi connectivity index (χ0v) is 5.93. The molecule has 2 heteroatoms. The van der Waals surface area contributed by atoms with Crippen molar-refractivity contribution in [3.05, 3.63) is 12.7 Å². The first-order valence-electron chi connectivity index (χ1n) is 3.12. The van der Waals surface area contributed by atoms with Gasteiger partial charge < -0.3 is 4.74 Å². The molecule has 0 aliphatic rings. The first kappa shape index (κ1) is 8.63. The third-order valence-corrected chi connectivity index (χ3v) is 1.12. The minimum atomic E-state index is -1.31. The molecule has 0 radical (unpaired) electrons. The summed E-state index contributed by atoms with van der Waals surface area (Å²) in [5.74, 6) is 0. The summed E-state index contributed by atoms with van der Waals surface area (Å²) >= 11 is 0. The largest absolute Gasteiger partial charge is 0.342 e. The van der Waals surface area contributed by atoms with Gasteiger partial charge in [-0.1, -0.05) is 13.5 Å². The molecule has 2 atom stereocenters. The van der Waals surface area contributed by atoms with Crippen LogP contribution in [-0.4, -0.2) is 12.5 Å². The van der Waals surface area contributed by atoms with Crippen molar-refractivity contribution >= 4 is 0 Å². The Morgan fingerprint density at radius 3 is 2.67 bits per heavy atom.